The van der Waals surface area contributed by atoms with Crippen molar-refractivity contribution in [2.75, 3.05) is 39.4 Å². The summed E-state index contributed by atoms with van der Waals surface area (Å²) >= 11 is 0. The van der Waals surface area contributed by atoms with Crippen molar-refractivity contribution < 1.29 is 28.5 Å². The standard InChI is InChI=1S/C30H33N5O6/c1-38-21-15-13-20(14-16-21)35(27(36)19-34-25-11-5-4-10-24(25)32-33-34)28(30(37)31-18-22-8-7-17-41-22)23-9-6-12-26(39-2)29(23)40-3/h4-6,9-16,22,28H,7-8,17-19H2,1-3H3,(H,31,37)/t22-,28-/m1/s1. The van der Waals surface area contributed by atoms with Crippen molar-refractivity contribution >= 4 is 28.5 Å². The van der Waals surface area contributed by atoms with Crippen molar-refractivity contribution in [1.29, 1.82) is 0 Å². The van der Waals surface area contributed by atoms with Crippen molar-refractivity contribution in [2.45, 2.75) is 31.5 Å². The molecule has 0 bridgehead atoms. The summed E-state index contributed by atoms with van der Waals surface area (Å²) in [6, 6.07) is 18.5. The molecule has 5 rings (SSSR count). The van der Waals surface area contributed by atoms with E-state index in [2.05, 4.69) is 15.6 Å². The van der Waals surface area contributed by atoms with Crippen LogP contribution in [0.2, 0.25) is 0 Å². The number of ether oxygens (including phenoxy) is 4. The molecule has 1 fully saturated rings. The predicted octanol–water partition coefficient (Wildman–Crippen LogP) is 3.53. The van der Waals surface area contributed by atoms with Gasteiger partial charge in [0.05, 0.1) is 33.0 Å². The minimum absolute atomic E-state index is 0.0848. The molecular formula is C30H33N5O6. The topological polar surface area (TPSA) is 117 Å². The van der Waals surface area contributed by atoms with Crippen LogP contribution in [-0.4, -0.2) is 67.4 Å². The fraction of sp³-hybridized carbons (Fsp3) is 0.333. The first kappa shape index (κ1) is 27.9. The molecule has 214 valence electrons. The Morgan fingerprint density at radius 2 is 1.83 bits per heavy atom. The van der Waals surface area contributed by atoms with Crippen molar-refractivity contribution in [1.82, 2.24) is 20.3 Å². The normalized spacial score (nSPS) is 15.3. The number of methoxy groups -OCH3 is 3. The van der Waals surface area contributed by atoms with E-state index in [1.54, 1.807) is 49.6 Å². The van der Waals surface area contributed by atoms with E-state index < -0.39 is 6.04 Å². The first-order chi connectivity index (χ1) is 20.0. The fourth-order valence-corrected chi connectivity index (χ4v) is 5.06. The zero-order valence-corrected chi connectivity index (χ0v) is 23.3. The van der Waals surface area contributed by atoms with Gasteiger partial charge in [-0.1, -0.05) is 29.5 Å². The van der Waals surface area contributed by atoms with E-state index in [1.165, 1.54) is 23.8 Å². The molecule has 0 aliphatic carbocycles. The van der Waals surface area contributed by atoms with Crippen LogP contribution in [0, 0.1) is 0 Å². The number of hydrogen-bond acceptors (Lipinski definition) is 8. The highest BCUT2D eigenvalue weighted by Gasteiger charge is 2.36. The number of hydrogen-bond donors (Lipinski definition) is 1. The van der Waals surface area contributed by atoms with Gasteiger partial charge in [0.15, 0.2) is 11.5 Å². The second-order valence-electron chi connectivity index (χ2n) is 9.56. The maximum Gasteiger partial charge on any atom is 0.249 e. The number of para-hydroxylation sites is 2. The molecule has 1 aromatic heterocycles. The van der Waals surface area contributed by atoms with Crippen molar-refractivity contribution in [3.63, 3.8) is 0 Å². The third-order valence-corrected chi connectivity index (χ3v) is 7.09. The second kappa shape index (κ2) is 12.7. The van der Waals surface area contributed by atoms with Gasteiger partial charge in [0, 0.05) is 24.4 Å². The first-order valence-corrected chi connectivity index (χ1v) is 13.4. The van der Waals surface area contributed by atoms with Gasteiger partial charge in [0.2, 0.25) is 11.8 Å². The van der Waals surface area contributed by atoms with Gasteiger partial charge in [-0.2, -0.15) is 0 Å². The summed E-state index contributed by atoms with van der Waals surface area (Å²) in [5.74, 6) is 0.630. The van der Waals surface area contributed by atoms with E-state index in [4.69, 9.17) is 18.9 Å². The van der Waals surface area contributed by atoms with Crippen molar-refractivity contribution in [2.24, 2.45) is 0 Å². The lowest BCUT2D eigenvalue weighted by atomic mass is 10.0. The van der Waals surface area contributed by atoms with Crippen LogP contribution in [0.4, 0.5) is 5.69 Å². The highest BCUT2D eigenvalue weighted by Crippen LogP contribution is 2.39. The Balaban J connectivity index is 1.60. The lowest BCUT2D eigenvalue weighted by molar-refractivity contribution is -0.127. The smallest absolute Gasteiger partial charge is 0.249 e. The van der Waals surface area contributed by atoms with Crippen LogP contribution in [0.1, 0.15) is 24.4 Å². The first-order valence-electron chi connectivity index (χ1n) is 13.4. The molecular weight excluding hydrogens is 526 g/mol. The summed E-state index contributed by atoms with van der Waals surface area (Å²) in [4.78, 5) is 29.8. The lowest BCUT2D eigenvalue weighted by Gasteiger charge is -2.33. The monoisotopic (exact) mass is 559 g/mol. The molecule has 2 amide bonds. The van der Waals surface area contributed by atoms with E-state index in [0.717, 1.165) is 12.8 Å². The molecule has 3 aromatic carbocycles. The Bertz CT molecular complexity index is 1500. The van der Waals surface area contributed by atoms with Gasteiger partial charge in [-0.15, -0.1) is 5.10 Å². The average molecular weight is 560 g/mol. The Morgan fingerprint density at radius 3 is 2.54 bits per heavy atom. The highest BCUT2D eigenvalue weighted by atomic mass is 16.5. The number of fused-ring (bicyclic) bond motifs is 1. The maximum absolute atomic E-state index is 14.3. The van der Waals surface area contributed by atoms with E-state index >= 15 is 0 Å². The molecule has 1 N–H and O–H groups in total. The zero-order chi connectivity index (χ0) is 28.8. The highest BCUT2D eigenvalue weighted by molar-refractivity contribution is 6.02. The van der Waals surface area contributed by atoms with E-state index in [9.17, 15) is 9.59 Å². The van der Waals surface area contributed by atoms with Crippen LogP contribution >= 0.6 is 0 Å². The number of aromatic nitrogens is 3. The molecule has 41 heavy (non-hydrogen) atoms. The minimum Gasteiger partial charge on any atom is -0.497 e. The maximum atomic E-state index is 14.3. The SMILES string of the molecule is COc1ccc(N(C(=O)Cn2nnc3ccccc32)[C@@H](C(=O)NC[C@H]2CCCO2)c2cccc(OC)c2OC)cc1. The summed E-state index contributed by atoms with van der Waals surface area (Å²) < 4.78 is 23.9. The molecule has 0 radical (unpaired) electrons. The number of rotatable bonds is 11. The summed E-state index contributed by atoms with van der Waals surface area (Å²) in [7, 11) is 4.59. The average Bonchev–Trinajstić information content (AvgIpc) is 3.68. The van der Waals surface area contributed by atoms with Crippen LogP contribution in [0.5, 0.6) is 17.2 Å². The quantitative estimate of drug-likeness (QED) is 0.297. The molecule has 2 atom stereocenters. The van der Waals surface area contributed by atoms with Gasteiger partial charge in [-0.05, 0) is 55.3 Å². The Morgan fingerprint density at radius 1 is 1.02 bits per heavy atom. The minimum atomic E-state index is -1.11. The van der Waals surface area contributed by atoms with Crippen LogP contribution in [0.25, 0.3) is 11.0 Å². The number of benzene rings is 3. The van der Waals surface area contributed by atoms with Gasteiger partial charge in [-0.25, -0.2) is 4.68 Å². The molecule has 11 heteroatoms. The summed E-state index contributed by atoms with van der Waals surface area (Å²) in [5, 5.41) is 11.4. The molecule has 1 aliphatic rings. The zero-order valence-electron chi connectivity index (χ0n) is 23.3. The molecule has 0 spiro atoms. The Labute approximate surface area is 237 Å². The number of amides is 2. The van der Waals surface area contributed by atoms with Crippen LogP contribution in [-0.2, 0) is 20.9 Å². The molecule has 1 aliphatic heterocycles. The van der Waals surface area contributed by atoms with E-state index in [-0.39, 0.29) is 24.5 Å². The summed E-state index contributed by atoms with van der Waals surface area (Å²) in [5.41, 5.74) is 2.32. The third kappa shape index (κ3) is 5.94. The second-order valence-corrected chi connectivity index (χ2v) is 9.56. The molecule has 4 aromatic rings. The molecule has 0 unspecified atom stereocenters. The number of nitrogens with one attached hydrogen (secondary N) is 1. The molecule has 1 saturated heterocycles. The van der Waals surface area contributed by atoms with Crippen molar-refractivity contribution in [3.05, 3.63) is 72.3 Å². The summed E-state index contributed by atoms with van der Waals surface area (Å²) in [6.07, 6.45) is 1.71. The molecule has 2 heterocycles. The lowest BCUT2D eigenvalue weighted by Crippen LogP contribution is -2.46. The van der Waals surface area contributed by atoms with Crippen molar-refractivity contribution in [3.8, 4) is 17.2 Å². The fourth-order valence-electron chi connectivity index (χ4n) is 5.06. The van der Waals surface area contributed by atoms with Gasteiger partial charge in [0.25, 0.3) is 0 Å². The van der Waals surface area contributed by atoms with Gasteiger partial charge in [0.1, 0.15) is 23.9 Å². The summed E-state index contributed by atoms with van der Waals surface area (Å²) in [6.45, 7) is 0.824. The number of nitrogens with zero attached hydrogens (tertiary/aromatic N) is 4. The Hall–Kier alpha value is -4.64. The van der Waals surface area contributed by atoms with E-state index in [0.29, 0.717) is 52.7 Å². The molecule has 0 saturated carbocycles. The number of carbonyl (C=O) groups excluding carboxylic acids is 2. The number of carbonyl (C=O) groups is 2. The predicted molar refractivity (Wildman–Crippen MR) is 152 cm³/mol. The number of anilines is 1. The largest absolute Gasteiger partial charge is 0.497 e. The van der Waals surface area contributed by atoms with Gasteiger partial charge < -0.3 is 24.3 Å². The Kier molecular flexibility index (Phi) is 8.64. The van der Waals surface area contributed by atoms with E-state index in [1.807, 2.05) is 24.3 Å². The van der Waals surface area contributed by atoms with Gasteiger partial charge in [-0.3, -0.25) is 14.5 Å². The third-order valence-electron chi connectivity index (χ3n) is 7.09. The van der Waals surface area contributed by atoms with Gasteiger partial charge >= 0.3 is 0 Å². The van der Waals surface area contributed by atoms with Crippen LogP contribution in [0.15, 0.2) is 66.7 Å². The van der Waals surface area contributed by atoms with Crippen LogP contribution < -0.4 is 24.4 Å². The molecule has 11 nitrogen and oxygen atoms in total. The van der Waals surface area contributed by atoms with Crippen LogP contribution in [0.3, 0.4) is 0 Å².